The van der Waals surface area contributed by atoms with Crippen LogP contribution in [-0.2, 0) is 19.1 Å². The van der Waals surface area contributed by atoms with Gasteiger partial charge in [-0.3, -0.25) is 19.3 Å². The Balaban J connectivity index is 1.16. The predicted octanol–water partition coefficient (Wildman–Crippen LogP) is -1.28. The minimum atomic E-state index is -0.692. The summed E-state index contributed by atoms with van der Waals surface area (Å²) in [4.78, 5) is 41.8. The van der Waals surface area contributed by atoms with Crippen LogP contribution in [0.25, 0.3) is 0 Å². The molecule has 8 heteroatoms. The highest BCUT2D eigenvalue weighted by Gasteiger charge is 2.65. The monoisotopic (exact) mass is 375 g/mol. The van der Waals surface area contributed by atoms with Gasteiger partial charge in [0, 0.05) is 26.1 Å². The van der Waals surface area contributed by atoms with Crippen LogP contribution in [-0.4, -0.2) is 82.7 Å². The molecule has 7 atom stereocenters. The fourth-order valence-corrected chi connectivity index (χ4v) is 7.16. The first-order valence-electron chi connectivity index (χ1n) is 10.1. The molecule has 0 radical (unpaired) electrons. The van der Waals surface area contributed by atoms with E-state index in [4.69, 9.17) is 4.74 Å². The maximum Gasteiger partial charge on any atom is 0.240 e. The van der Waals surface area contributed by atoms with Crippen LogP contribution in [0.4, 0.5) is 0 Å². The molecule has 7 unspecified atom stereocenters. The van der Waals surface area contributed by atoms with Crippen LogP contribution >= 0.6 is 0 Å². The standard InChI is InChI=1S/C19H25N3O5/c23-11-2-12-14-15(16(11)27-12)18(26)22(17(14)25)7-13(24)20-19-3-9-1-10(4-19)6-21(5-9)8-19/h9-12,14-16,23H,1-8H2,(H,20,24). The predicted molar refractivity (Wildman–Crippen MR) is 91.1 cm³/mol. The van der Waals surface area contributed by atoms with Crippen molar-refractivity contribution in [3.05, 3.63) is 0 Å². The highest BCUT2D eigenvalue weighted by atomic mass is 16.5. The first-order valence-corrected chi connectivity index (χ1v) is 10.1. The van der Waals surface area contributed by atoms with E-state index in [0.29, 0.717) is 18.3 Å². The molecule has 0 aromatic rings. The second-order valence-electron chi connectivity index (χ2n) is 9.65. The molecule has 6 heterocycles. The lowest BCUT2D eigenvalue weighted by Gasteiger charge is -2.58. The molecule has 6 saturated heterocycles. The Bertz CT molecular complexity index is 704. The average Bonchev–Trinajstić information content (AvgIpc) is 3.20. The first kappa shape index (κ1) is 16.4. The Labute approximate surface area is 157 Å². The molecule has 7 rings (SSSR count). The van der Waals surface area contributed by atoms with Crippen LogP contribution < -0.4 is 5.32 Å². The van der Waals surface area contributed by atoms with Gasteiger partial charge in [-0.15, -0.1) is 0 Å². The molecule has 1 aliphatic carbocycles. The summed E-state index contributed by atoms with van der Waals surface area (Å²) in [7, 11) is 0. The van der Waals surface area contributed by atoms with Gasteiger partial charge in [-0.2, -0.15) is 0 Å². The minimum absolute atomic E-state index is 0.193. The topological polar surface area (TPSA) is 99.2 Å². The summed E-state index contributed by atoms with van der Waals surface area (Å²) in [6.45, 7) is 2.93. The molecular formula is C19H25N3O5. The third-order valence-electron chi connectivity index (χ3n) is 7.72. The first-order chi connectivity index (χ1) is 12.9. The third kappa shape index (κ3) is 2.23. The average molecular weight is 375 g/mol. The van der Waals surface area contributed by atoms with E-state index in [2.05, 4.69) is 10.2 Å². The zero-order valence-corrected chi connectivity index (χ0v) is 15.2. The number of likely N-dealkylation sites (tertiary alicyclic amines) is 1. The molecule has 1 saturated carbocycles. The smallest absolute Gasteiger partial charge is 0.240 e. The second-order valence-corrected chi connectivity index (χ2v) is 9.65. The molecule has 0 spiro atoms. The van der Waals surface area contributed by atoms with Gasteiger partial charge in [0.2, 0.25) is 17.7 Å². The lowest BCUT2D eigenvalue weighted by atomic mass is 9.64. The molecular weight excluding hydrogens is 350 g/mol. The zero-order chi connectivity index (χ0) is 18.5. The van der Waals surface area contributed by atoms with Crippen molar-refractivity contribution in [1.82, 2.24) is 15.1 Å². The Kier molecular flexibility index (Phi) is 3.23. The fraction of sp³-hybridized carbons (Fsp3) is 0.842. The summed E-state index contributed by atoms with van der Waals surface area (Å²) in [5.41, 5.74) is -0.193. The van der Waals surface area contributed by atoms with E-state index < -0.39 is 30.1 Å². The molecule has 146 valence electrons. The van der Waals surface area contributed by atoms with Crippen LogP contribution in [0.3, 0.4) is 0 Å². The largest absolute Gasteiger partial charge is 0.390 e. The number of imide groups is 1. The molecule has 2 N–H and O–H groups in total. The summed E-state index contributed by atoms with van der Waals surface area (Å²) >= 11 is 0. The number of hydrogen-bond acceptors (Lipinski definition) is 6. The van der Waals surface area contributed by atoms with Crippen LogP contribution in [0.5, 0.6) is 0 Å². The van der Waals surface area contributed by atoms with Crippen LogP contribution in [0.15, 0.2) is 0 Å². The van der Waals surface area contributed by atoms with Crippen LogP contribution in [0.1, 0.15) is 25.7 Å². The molecule has 0 aromatic carbocycles. The number of hydrogen-bond donors (Lipinski definition) is 2. The number of carbonyl (C=O) groups is 3. The lowest BCUT2D eigenvalue weighted by Crippen LogP contribution is -2.69. The van der Waals surface area contributed by atoms with E-state index >= 15 is 0 Å². The van der Waals surface area contributed by atoms with E-state index in [1.54, 1.807) is 0 Å². The van der Waals surface area contributed by atoms with Crippen LogP contribution in [0, 0.1) is 23.7 Å². The van der Waals surface area contributed by atoms with Gasteiger partial charge in [-0.1, -0.05) is 0 Å². The number of aliphatic hydroxyl groups is 1. The van der Waals surface area contributed by atoms with Gasteiger partial charge in [-0.25, -0.2) is 0 Å². The van der Waals surface area contributed by atoms with Crippen molar-refractivity contribution in [3.8, 4) is 0 Å². The van der Waals surface area contributed by atoms with Gasteiger partial charge in [-0.05, 0) is 31.1 Å². The summed E-state index contributed by atoms with van der Waals surface area (Å²) < 4.78 is 5.61. The normalized spacial score (nSPS) is 52.0. The molecule has 27 heavy (non-hydrogen) atoms. The quantitative estimate of drug-likeness (QED) is 0.596. The van der Waals surface area contributed by atoms with Gasteiger partial charge < -0.3 is 20.1 Å². The van der Waals surface area contributed by atoms with Crippen molar-refractivity contribution < 1.29 is 24.2 Å². The number of fused-ring (bicyclic) bond motifs is 5. The molecule has 7 aliphatic rings. The summed E-state index contributed by atoms with van der Waals surface area (Å²) in [5.74, 6) is -0.761. The fourth-order valence-electron chi connectivity index (χ4n) is 7.16. The van der Waals surface area contributed by atoms with Crippen LogP contribution in [0.2, 0.25) is 0 Å². The molecule has 3 amide bonds. The maximum absolute atomic E-state index is 12.8. The number of nitrogens with zero attached hydrogens (tertiary/aromatic N) is 2. The molecule has 8 nitrogen and oxygen atoms in total. The summed E-state index contributed by atoms with van der Waals surface area (Å²) in [6, 6.07) is 0. The Morgan fingerprint density at radius 3 is 2.56 bits per heavy atom. The zero-order valence-electron chi connectivity index (χ0n) is 15.2. The van der Waals surface area contributed by atoms with Gasteiger partial charge >= 0.3 is 0 Å². The number of aliphatic hydroxyl groups excluding tert-OH is 1. The van der Waals surface area contributed by atoms with Gasteiger partial charge in [0.05, 0.1) is 35.7 Å². The highest BCUT2D eigenvalue weighted by molar-refractivity contribution is 6.08. The van der Waals surface area contributed by atoms with Crippen molar-refractivity contribution in [2.75, 3.05) is 26.2 Å². The maximum atomic E-state index is 12.8. The van der Waals surface area contributed by atoms with Crippen molar-refractivity contribution >= 4 is 17.7 Å². The van der Waals surface area contributed by atoms with Crippen molar-refractivity contribution in [3.63, 3.8) is 0 Å². The Hall–Kier alpha value is -1.51. The SMILES string of the molecule is O=C(CN1C(=O)C2C3CC(O)C(O3)C2C1=O)NC12CC3CC(CN(C3)C1)C2. The van der Waals surface area contributed by atoms with Crippen molar-refractivity contribution in [1.29, 1.82) is 0 Å². The molecule has 7 fully saturated rings. The summed E-state index contributed by atoms with van der Waals surface area (Å²) in [5, 5.41) is 13.2. The van der Waals surface area contributed by atoms with Gasteiger partial charge in [0.1, 0.15) is 6.54 Å². The van der Waals surface area contributed by atoms with Crippen molar-refractivity contribution in [2.24, 2.45) is 23.7 Å². The highest BCUT2D eigenvalue weighted by Crippen LogP contribution is 2.49. The minimum Gasteiger partial charge on any atom is -0.390 e. The van der Waals surface area contributed by atoms with E-state index in [0.717, 1.165) is 37.4 Å². The summed E-state index contributed by atoms with van der Waals surface area (Å²) in [6.07, 6.45) is 1.98. The van der Waals surface area contributed by atoms with E-state index in [9.17, 15) is 19.5 Å². The number of ether oxygens (including phenoxy) is 1. The molecule has 0 aromatic heterocycles. The Morgan fingerprint density at radius 1 is 1.15 bits per heavy atom. The van der Waals surface area contributed by atoms with E-state index in [-0.39, 0.29) is 29.8 Å². The van der Waals surface area contributed by atoms with Crippen molar-refractivity contribution in [2.45, 2.75) is 49.5 Å². The second kappa shape index (κ2) is 5.30. The van der Waals surface area contributed by atoms with Gasteiger partial charge in [0.15, 0.2) is 0 Å². The lowest BCUT2D eigenvalue weighted by molar-refractivity contribution is -0.147. The Morgan fingerprint density at radius 2 is 1.85 bits per heavy atom. The number of carbonyl (C=O) groups excluding carboxylic acids is 3. The number of rotatable bonds is 3. The number of piperidine rings is 3. The molecule has 6 bridgehead atoms. The third-order valence-corrected chi connectivity index (χ3v) is 7.72. The van der Waals surface area contributed by atoms with Gasteiger partial charge in [0.25, 0.3) is 0 Å². The number of nitrogens with one attached hydrogen (secondary N) is 1. The van der Waals surface area contributed by atoms with E-state index in [1.807, 2.05) is 0 Å². The number of amides is 3. The molecule has 6 aliphatic heterocycles. The van der Waals surface area contributed by atoms with E-state index in [1.165, 1.54) is 6.42 Å².